The van der Waals surface area contributed by atoms with Crippen molar-refractivity contribution in [2.24, 2.45) is 5.92 Å². The lowest BCUT2D eigenvalue weighted by molar-refractivity contribution is -0.134. The molecule has 1 amide bonds. The van der Waals surface area contributed by atoms with Crippen LogP contribution in [0.4, 0.5) is 0 Å². The molecule has 0 bridgehead atoms. The lowest BCUT2D eigenvalue weighted by Gasteiger charge is -2.32. The van der Waals surface area contributed by atoms with E-state index in [1.54, 1.807) is 19.0 Å². The molecule has 1 atom stereocenters. The second-order valence-electron chi connectivity index (χ2n) is 8.02. The summed E-state index contributed by atoms with van der Waals surface area (Å²) < 4.78 is 0. The van der Waals surface area contributed by atoms with Crippen molar-refractivity contribution in [1.82, 2.24) is 14.8 Å². The van der Waals surface area contributed by atoms with Gasteiger partial charge in [-0.2, -0.15) is 0 Å². The highest BCUT2D eigenvalue weighted by Crippen LogP contribution is 2.31. The number of H-pyrrole nitrogens is 1. The summed E-state index contributed by atoms with van der Waals surface area (Å²) >= 11 is 0. The number of para-hydroxylation sites is 1. The number of carbonyl (C=O) groups is 2. The number of Topliss-reactive ketones (excluding diaryl/α,β-unsaturated/α-hetero) is 1. The molecule has 1 aliphatic rings. The third-order valence-corrected chi connectivity index (χ3v) is 5.71. The Morgan fingerprint density at radius 1 is 1.07 bits per heavy atom. The zero-order valence-electron chi connectivity index (χ0n) is 17.0. The number of hydrogen-bond acceptors (Lipinski definition) is 3. The van der Waals surface area contributed by atoms with Gasteiger partial charge in [-0.3, -0.25) is 14.5 Å². The van der Waals surface area contributed by atoms with Gasteiger partial charge in [-0.25, -0.2) is 0 Å². The molecule has 1 aromatic heterocycles. The number of fused-ring (bicyclic) bond motifs is 1. The van der Waals surface area contributed by atoms with Gasteiger partial charge in [0.05, 0.1) is 23.7 Å². The van der Waals surface area contributed by atoms with E-state index in [0.717, 1.165) is 47.1 Å². The summed E-state index contributed by atoms with van der Waals surface area (Å²) in [6.45, 7) is 1.83. The Hall–Kier alpha value is -2.92. The first-order valence-electron chi connectivity index (χ1n) is 10.2. The zero-order chi connectivity index (χ0) is 20.4. The molecule has 1 aliphatic heterocycles. The third-order valence-electron chi connectivity index (χ3n) is 5.71. The lowest BCUT2D eigenvalue weighted by atomic mass is 9.95. The van der Waals surface area contributed by atoms with Crippen LogP contribution >= 0.6 is 0 Å². The number of likely N-dealkylation sites (tertiary alicyclic amines) is 1. The maximum absolute atomic E-state index is 13.4. The van der Waals surface area contributed by atoms with Crippen LogP contribution in [0.15, 0.2) is 54.6 Å². The second-order valence-corrected chi connectivity index (χ2v) is 8.02. The maximum atomic E-state index is 13.4. The fraction of sp³-hybridized carbons (Fsp3) is 0.333. The summed E-state index contributed by atoms with van der Waals surface area (Å²) in [5.74, 6) is 0.224. The van der Waals surface area contributed by atoms with Crippen molar-refractivity contribution < 1.29 is 9.59 Å². The maximum Gasteiger partial charge on any atom is 0.226 e. The summed E-state index contributed by atoms with van der Waals surface area (Å²) in [7, 11) is 3.59. The largest absolute Gasteiger partial charge is 0.354 e. The van der Waals surface area contributed by atoms with Gasteiger partial charge in [-0.05, 0) is 31.0 Å². The minimum absolute atomic E-state index is 0.0249. The highest BCUT2D eigenvalue weighted by atomic mass is 16.2. The summed E-state index contributed by atoms with van der Waals surface area (Å²) in [5, 5.41) is 0.953. The minimum atomic E-state index is -0.0249. The molecular weight excluding hydrogens is 362 g/mol. The molecule has 5 nitrogen and oxygen atoms in total. The van der Waals surface area contributed by atoms with Crippen LogP contribution in [0.2, 0.25) is 0 Å². The minimum Gasteiger partial charge on any atom is -0.354 e. The van der Waals surface area contributed by atoms with Gasteiger partial charge in [0.2, 0.25) is 5.91 Å². The predicted octanol–water partition coefficient (Wildman–Crippen LogP) is 3.82. The van der Waals surface area contributed by atoms with E-state index in [0.29, 0.717) is 13.1 Å². The number of hydrogen-bond donors (Lipinski definition) is 1. The molecular formula is C24H27N3O2. The molecule has 4 rings (SSSR count). The van der Waals surface area contributed by atoms with Crippen LogP contribution in [-0.2, 0) is 4.79 Å². The van der Waals surface area contributed by atoms with E-state index in [9.17, 15) is 9.59 Å². The first-order chi connectivity index (χ1) is 14.0. The van der Waals surface area contributed by atoms with Crippen LogP contribution in [-0.4, -0.2) is 60.2 Å². The van der Waals surface area contributed by atoms with Crippen molar-refractivity contribution in [2.45, 2.75) is 12.8 Å². The molecule has 29 heavy (non-hydrogen) atoms. The molecule has 1 fully saturated rings. The number of benzene rings is 2. The Kier molecular flexibility index (Phi) is 5.49. The van der Waals surface area contributed by atoms with Crippen molar-refractivity contribution in [3.63, 3.8) is 0 Å². The van der Waals surface area contributed by atoms with Crippen LogP contribution < -0.4 is 0 Å². The van der Waals surface area contributed by atoms with Crippen LogP contribution in [0.25, 0.3) is 22.2 Å². The van der Waals surface area contributed by atoms with Gasteiger partial charge in [-0.15, -0.1) is 0 Å². The van der Waals surface area contributed by atoms with Gasteiger partial charge < -0.3 is 9.88 Å². The Labute approximate surface area is 171 Å². The predicted molar refractivity (Wildman–Crippen MR) is 116 cm³/mol. The number of carbonyl (C=O) groups excluding carboxylic acids is 2. The summed E-state index contributed by atoms with van der Waals surface area (Å²) in [6.07, 6.45) is 1.83. The average molecular weight is 389 g/mol. The number of aromatic amines is 1. The SMILES string of the molecule is CN(C)C(=O)C1CCCN(CC(=O)c2c(-c3ccccc3)[nH]c3ccccc23)C1. The fourth-order valence-corrected chi connectivity index (χ4v) is 4.30. The van der Waals surface area contributed by atoms with Crippen molar-refractivity contribution >= 4 is 22.6 Å². The molecule has 150 valence electrons. The fourth-order valence-electron chi connectivity index (χ4n) is 4.30. The Balaban J connectivity index is 1.63. The van der Waals surface area contributed by atoms with E-state index in [-0.39, 0.29) is 17.6 Å². The third kappa shape index (κ3) is 3.96. The van der Waals surface area contributed by atoms with E-state index < -0.39 is 0 Å². The Morgan fingerprint density at radius 2 is 1.79 bits per heavy atom. The topological polar surface area (TPSA) is 56.4 Å². The van der Waals surface area contributed by atoms with Crippen molar-refractivity contribution in [1.29, 1.82) is 0 Å². The van der Waals surface area contributed by atoms with Crippen molar-refractivity contribution in [3.05, 3.63) is 60.2 Å². The van der Waals surface area contributed by atoms with E-state index in [4.69, 9.17) is 0 Å². The number of nitrogens with one attached hydrogen (secondary N) is 1. The van der Waals surface area contributed by atoms with Crippen LogP contribution in [0, 0.1) is 5.92 Å². The van der Waals surface area contributed by atoms with Gasteiger partial charge in [0.1, 0.15) is 0 Å². The van der Waals surface area contributed by atoms with E-state index >= 15 is 0 Å². The molecule has 0 saturated carbocycles. The standard InChI is InChI=1S/C24H27N3O2/c1-26(2)24(29)18-11-8-14-27(15-18)16-21(28)22-19-12-6-7-13-20(19)25-23(22)17-9-4-3-5-10-17/h3-7,9-10,12-13,18,25H,8,11,14-16H2,1-2H3. The van der Waals surface area contributed by atoms with Crippen LogP contribution in [0.5, 0.6) is 0 Å². The molecule has 2 heterocycles. The van der Waals surface area contributed by atoms with Crippen LogP contribution in [0.1, 0.15) is 23.2 Å². The first kappa shape index (κ1) is 19.4. The monoisotopic (exact) mass is 389 g/mol. The summed E-state index contributed by atoms with van der Waals surface area (Å²) in [6, 6.07) is 17.9. The molecule has 1 saturated heterocycles. The van der Waals surface area contributed by atoms with Crippen molar-refractivity contribution in [2.75, 3.05) is 33.7 Å². The van der Waals surface area contributed by atoms with Crippen molar-refractivity contribution in [3.8, 4) is 11.3 Å². The summed E-state index contributed by atoms with van der Waals surface area (Å²) in [5.41, 5.74) is 3.59. The number of ketones is 1. The average Bonchev–Trinajstić information content (AvgIpc) is 3.13. The zero-order valence-corrected chi connectivity index (χ0v) is 17.0. The summed E-state index contributed by atoms with van der Waals surface area (Å²) in [4.78, 5) is 33.0. The molecule has 0 spiro atoms. The van der Waals surface area contributed by atoms with Crippen LogP contribution in [0.3, 0.4) is 0 Å². The number of amides is 1. The number of aromatic nitrogens is 1. The molecule has 2 aromatic carbocycles. The molecule has 0 aliphatic carbocycles. The Bertz CT molecular complexity index is 1020. The highest BCUT2D eigenvalue weighted by Gasteiger charge is 2.29. The molecule has 5 heteroatoms. The number of piperidine rings is 1. The van der Waals surface area contributed by atoms with E-state index in [1.807, 2.05) is 54.6 Å². The first-order valence-corrected chi connectivity index (χ1v) is 10.2. The second kappa shape index (κ2) is 8.21. The van der Waals surface area contributed by atoms with E-state index in [1.165, 1.54) is 0 Å². The van der Waals surface area contributed by atoms with Gasteiger partial charge in [0, 0.05) is 31.5 Å². The number of rotatable bonds is 5. The smallest absolute Gasteiger partial charge is 0.226 e. The quantitative estimate of drug-likeness (QED) is 0.675. The molecule has 3 aromatic rings. The normalized spacial score (nSPS) is 17.4. The van der Waals surface area contributed by atoms with Gasteiger partial charge in [-0.1, -0.05) is 48.5 Å². The van der Waals surface area contributed by atoms with Gasteiger partial charge in [0.15, 0.2) is 5.78 Å². The lowest BCUT2D eigenvalue weighted by Crippen LogP contribution is -2.44. The highest BCUT2D eigenvalue weighted by molar-refractivity contribution is 6.14. The van der Waals surface area contributed by atoms with Gasteiger partial charge in [0.25, 0.3) is 0 Å². The molecule has 1 unspecified atom stereocenters. The Morgan fingerprint density at radius 3 is 2.55 bits per heavy atom. The molecule has 1 N–H and O–H groups in total. The number of nitrogens with zero attached hydrogens (tertiary/aromatic N) is 2. The van der Waals surface area contributed by atoms with Gasteiger partial charge >= 0.3 is 0 Å². The van der Waals surface area contributed by atoms with E-state index in [2.05, 4.69) is 9.88 Å². The molecule has 0 radical (unpaired) electrons.